The van der Waals surface area contributed by atoms with Gasteiger partial charge in [-0.25, -0.2) is 0 Å². The van der Waals surface area contributed by atoms with Gasteiger partial charge in [-0.3, -0.25) is 50.0 Å². The van der Waals surface area contributed by atoms with Crippen molar-refractivity contribution in [1.82, 2.24) is 0 Å². The molecule has 0 heterocycles. The van der Waals surface area contributed by atoms with E-state index in [1.54, 1.807) is 0 Å². The van der Waals surface area contributed by atoms with Crippen LogP contribution in [0.5, 0.6) is 0 Å². The normalized spacial score (nSPS) is 13.5. The molecule has 0 aliphatic heterocycles. The summed E-state index contributed by atoms with van der Waals surface area (Å²) in [6.07, 6.45) is 0. The van der Waals surface area contributed by atoms with Crippen molar-refractivity contribution in [3.63, 3.8) is 0 Å². The maximum absolute atomic E-state index is 11.4. The molecule has 0 spiro atoms. The highest BCUT2D eigenvalue weighted by Gasteiger charge is 2.36. The molecule has 0 aliphatic rings. The number of nitro groups is 4. The van der Waals surface area contributed by atoms with Gasteiger partial charge in [-0.05, 0) is 38.1 Å². The third kappa shape index (κ3) is 8.01. The summed E-state index contributed by atoms with van der Waals surface area (Å²) in [5.41, 5.74) is -0.0330. The lowest BCUT2D eigenvalue weighted by molar-refractivity contribution is -0.536. The Kier molecular flexibility index (Phi) is 10.7. The Morgan fingerprint density at radius 3 is 1.27 bits per heavy atom. The number of aliphatic carboxylic acids is 1. The number of carbonyl (C=O) groups excluding carboxylic acids is 1. The van der Waals surface area contributed by atoms with Gasteiger partial charge in [0.25, 0.3) is 23.5 Å². The van der Waals surface area contributed by atoms with Gasteiger partial charge in [-0.2, -0.15) is 0 Å². The molecule has 4 unspecified atom stereocenters. The van der Waals surface area contributed by atoms with Crippen LogP contribution in [0.15, 0.2) is 48.5 Å². The lowest BCUT2D eigenvalue weighted by Gasteiger charge is -2.15. The van der Waals surface area contributed by atoms with E-state index in [-0.39, 0.29) is 22.5 Å². The first-order chi connectivity index (χ1) is 17.2. The maximum atomic E-state index is 11.4. The number of carbonyl (C=O) groups is 2. The van der Waals surface area contributed by atoms with Crippen LogP contribution in [0, 0.1) is 52.3 Å². The van der Waals surface area contributed by atoms with Crippen LogP contribution in [0.2, 0.25) is 0 Å². The number of carboxylic acid groups (broad SMARTS) is 1. The smallest absolute Gasteiger partial charge is 0.315 e. The highest BCUT2D eigenvalue weighted by atomic mass is 16.6. The molecule has 0 aromatic heterocycles. The number of non-ortho nitro benzene ring substituents is 2. The summed E-state index contributed by atoms with van der Waals surface area (Å²) in [6, 6.07) is 6.76. The number of benzene rings is 2. The number of nitrogens with zero attached hydrogens (tertiary/aromatic N) is 4. The molecule has 198 valence electrons. The van der Waals surface area contributed by atoms with Crippen molar-refractivity contribution in [2.24, 2.45) is 11.8 Å². The number of nitro benzene ring substituents is 2. The summed E-state index contributed by atoms with van der Waals surface area (Å²) in [5.74, 6) is -4.21. The standard InChI is InChI=1S/C11H12N2O6.C10H10N2O6/c1-7(11(14)19-2)10(13(17)18)8-3-5-9(6-4-8)12(15)16;1-6(10(13)14)9(12(17)18)7-2-4-8(5-3-7)11(15)16/h3-7,10H,1-2H3;2-6,9H,1H3,(H,13,14). The zero-order valence-corrected chi connectivity index (χ0v) is 19.7. The second-order valence-corrected chi connectivity index (χ2v) is 7.60. The zero-order chi connectivity index (χ0) is 28.4. The van der Waals surface area contributed by atoms with Crippen LogP contribution in [0.25, 0.3) is 0 Å². The Balaban J connectivity index is 0.000000371. The van der Waals surface area contributed by atoms with Crippen LogP contribution >= 0.6 is 0 Å². The van der Waals surface area contributed by atoms with Gasteiger partial charge in [0.15, 0.2) is 0 Å². The van der Waals surface area contributed by atoms with Crippen LogP contribution in [0.4, 0.5) is 11.4 Å². The first-order valence-corrected chi connectivity index (χ1v) is 10.3. The minimum Gasteiger partial charge on any atom is -0.481 e. The Bertz CT molecular complexity index is 1170. The van der Waals surface area contributed by atoms with Crippen LogP contribution < -0.4 is 0 Å². The van der Waals surface area contributed by atoms with Crippen molar-refractivity contribution in [3.05, 3.63) is 100 Å². The largest absolute Gasteiger partial charge is 0.481 e. The Hall–Kier alpha value is -5.02. The predicted octanol–water partition coefficient (Wildman–Crippen LogP) is 3.36. The number of rotatable bonds is 10. The van der Waals surface area contributed by atoms with Crippen LogP contribution in [0.3, 0.4) is 0 Å². The van der Waals surface area contributed by atoms with Crippen molar-refractivity contribution in [3.8, 4) is 0 Å². The minimum atomic E-state index is -1.43. The molecule has 2 rings (SSSR count). The molecule has 0 saturated heterocycles. The van der Waals surface area contributed by atoms with E-state index in [1.807, 2.05) is 0 Å². The molecule has 0 saturated carbocycles. The minimum absolute atomic E-state index is 0.125. The van der Waals surface area contributed by atoms with E-state index in [4.69, 9.17) is 5.11 Å². The average Bonchev–Trinajstić information content (AvgIpc) is 2.84. The second-order valence-electron chi connectivity index (χ2n) is 7.60. The molecule has 0 aliphatic carbocycles. The van der Waals surface area contributed by atoms with Crippen molar-refractivity contribution < 1.29 is 39.1 Å². The molecule has 16 heteroatoms. The van der Waals surface area contributed by atoms with Crippen molar-refractivity contribution in [2.75, 3.05) is 7.11 Å². The number of ether oxygens (including phenoxy) is 1. The van der Waals surface area contributed by atoms with E-state index in [1.165, 1.54) is 38.1 Å². The molecule has 4 atom stereocenters. The van der Waals surface area contributed by atoms with E-state index in [9.17, 15) is 50.0 Å². The lowest BCUT2D eigenvalue weighted by Crippen LogP contribution is -2.26. The topological polar surface area (TPSA) is 236 Å². The van der Waals surface area contributed by atoms with Gasteiger partial charge in [-0.15, -0.1) is 0 Å². The number of esters is 1. The Labute approximate surface area is 208 Å². The fourth-order valence-electron chi connectivity index (χ4n) is 3.22. The van der Waals surface area contributed by atoms with Gasteiger partial charge >= 0.3 is 11.9 Å². The highest BCUT2D eigenvalue weighted by molar-refractivity contribution is 5.72. The summed E-state index contributed by atoms with van der Waals surface area (Å²) >= 11 is 0. The first-order valence-electron chi connectivity index (χ1n) is 10.3. The molecular formula is C21H22N4O12. The molecule has 0 radical (unpaired) electrons. The summed E-state index contributed by atoms with van der Waals surface area (Å²) in [4.78, 5) is 62.5. The van der Waals surface area contributed by atoms with Crippen molar-refractivity contribution >= 4 is 23.3 Å². The van der Waals surface area contributed by atoms with Gasteiger partial charge in [0, 0.05) is 45.2 Å². The quantitative estimate of drug-likeness (QED) is 0.268. The summed E-state index contributed by atoms with van der Waals surface area (Å²) in [6.45, 7) is 2.60. The number of carboxylic acids is 1. The predicted molar refractivity (Wildman–Crippen MR) is 124 cm³/mol. The first kappa shape index (κ1) is 30.0. The fourth-order valence-corrected chi connectivity index (χ4v) is 3.22. The Morgan fingerprint density at radius 1 is 0.703 bits per heavy atom. The number of hydrogen-bond donors (Lipinski definition) is 1. The molecule has 0 fully saturated rings. The van der Waals surface area contributed by atoms with Gasteiger partial charge in [-0.1, -0.05) is 0 Å². The zero-order valence-electron chi connectivity index (χ0n) is 19.7. The SMILES string of the molecule is CC(C(=O)O)C(c1ccc([N+](=O)[O-])cc1)[N+](=O)[O-].COC(=O)C(C)C(c1ccc([N+](=O)[O-])cc1)[N+](=O)[O-]. The fraction of sp³-hybridized carbons (Fsp3) is 0.333. The van der Waals surface area contributed by atoms with E-state index in [0.717, 1.165) is 31.4 Å². The molecule has 37 heavy (non-hydrogen) atoms. The summed E-state index contributed by atoms with van der Waals surface area (Å²) in [5, 5.41) is 51.6. The molecule has 2 aromatic rings. The number of methoxy groups -OCH3 is 1. The van der Waals surface area contributed by atoms with Crippen molar-refractivity contribution in [1.29, 1.82) is 0 Å². The lowest BCUT2D eigenvalue weighted by atomic mass is 9.95. The van der Waals surface area contributed by atoms with Gasteiger partial charge < -0.3 is 9.84 Å². The van der Waals surface area contributed by atoms with Crippen molar-refractivity contribution in [2.45, 2.75) is 25.9 Å². The number of hydrogen-bond acceptors (Lipinski definition) is 11. The van der Waals surface area contributed by atoms with E-state index in [2.05, 4.69) is 4.74 Å². The average molecular weight is 522 g/mol. The highest BCUT2D eigenvalue weighted by Crippen LogP contribution is 2.28. The maximum Gasteiger partial charge on any atom is 0.315 e. The van der Waals surface area contributed by atoms with Crippen LogP contribution in [-0.2, 0) is 14.3 Å². The van der Waals surface area contributed by atoms with E-state index >= 15 is 0 Å². The van der Waals surface area contributed by atoms with E-state index < -0.39 is 55.6 Å². The van der Waals surface area contributed by atoms with Gasteiger partial charge in [0.2, 0.25) is 0 Å². The van der Waals surface area contributed by atoms with E-state index in [0.29, 0.717) is 0 Å². The molecule has 0 amide bonds. The monoisotopic (exact) mass is 522 g/mol. The van der Waals surface area contributed by atoms with Crippen LogP contribution in [0.1, 0.15) is 37.1 Å². The van der Waals surface area contributed by atoms with Gasteiger partial charge in [0.05, 0.1) is 17.0 Å². The second kappa shape index (κ2) is 13.2. The summed E-state index contributed by atoms with van der Waals surface area (Å²) < 4.78 is 4.47. The molecule has 16 nitrogen and oxygen atoms in total. The third-order valence-electron chi connectivity index (χ3n) is 5.25. The van der Waals surface area contributed by atoms with Gasteiger partial charge in [0.1, 0.15) is 11.8 Å². The molecular weight excluding hydrogens is 500 g/mol. The molecule has 2 aromatic carbocycles. The Morgan fingerprint density at radius 2 is 1.03 bits per heavy atom. The molecule has 0 bridgehead atoms. The third-order valence-corrected chi connectivity index (χ3v) is 5.25. The molecule has 1 N–H and O–H groups in total. The van der Waals surface area contributed by atoms with Crippen LogP contribution in [-0.4, -0.2) is 43.8 Å². The summed E-state index contributed by atoms with van der Waals surface area (Å²) in [7, 11) is 1.14.